The second-order valence-electron chi connectivity index (χ2n) is 4.35. The van der Waals surface area contributed by atoms with E-state index in [1.807, 2.05) is 39.0 Å². The predicted octanol–water partition coefficient (Wildman–Crippen LogP) is 2.70. The Morgan fingerprint density at radius 2 is 2.00 bits per heavy atom. The topological polar surface area (TPSA) is 41.6 Å². The molecule has 0 aliphatic rings. The van der Waals surface area contributed by atoms with E-state index in [1.54, 1.807) is 4.90 Å². The molecule has 112 valence electrons. The van der Waals surface area contributed by atoms with Crippen LogP contribution in [0.3, 0.4) is 0 Å². The fourth-order valence-corrected chi connectivity index (χ4v) is 2.14. The number of hydrogen-bond donors (Lipinski definition) is 1. The van der Waals surface area contributed by atoms with Crippen molar-refractivity contribution in [1.82, 2.24) is 10.2 Å². The van der Waals surface area contributed by atoms with Crippen LogP contribution in [-0.2, 0) is 11.3 Å². The maximum atomic E-state index is 11.9. The van der Waals surface area contributed by atoms with Crippen molar-refractivity contribution in [3.63, 3.8) is 0 Å². The van der Waals surface area contributed by atoms with Crippen LogP contribution >= 0.6 is 11.6 Å². The van der Waals surface area contributed by atoms with Crippen molar-refractivity contribution in [2.75, 3.05) is 26.2 Å². The summed E-state index contributed by atoms with van der Waals surface area (Å²) in [5.41, 5.74) is 0.892. The number of rotatable bonds is 8. The van der Waals surface area contributed by atoms with Gasteiger partial charge in [0.05, 0.1) is 0 Å². The van der Waals surface area contributed by atoms with Crippen LogP contribution in [0.25, 0.3) is 0 Å². The molecule has 1 aromatic rings. The molecule has 0 radical (unpaired) electrons. The first-order valence-corrected chi connectivity index (χ1v) is 7.40. The van der Waals surface area contributed by atoms with Crippen LogP contribution in [0.1, 0.15) is 26.3 Å². The molecule has 1 N–H and O–H groups in total. The van der Waals surface area contributed by atoms with Gasteiger partial charge in [0, 0.05) is 30.2 Å². The van der Waals surface area contributed by atoms with Crippen molar-refractivity contribution in [3.8, 4) is 5.75 Å². The fraction of sp³-hybridized carbons (Fsp3) is 0.533. The summed E-state index contributed by atoms with van der Waals surface area (Å²) in [5, 5.41) is 3.87. The van der Waals surface area contributed by atoms with Gasteiger partial charge in [0.25, 0.3) is 5.91 Å². The Bertz CT molecular complexity index is 434. The number of carbonyl (C=O) groups is 1. The number of amides is 1. The van der Waals surface area contributed by atoms with Crippen molar-refractivity contribution in [2.45, 2.75) is 27.3 Å². The number of carbonyl (C=O) groups excluding carboxylic acids is 1. The molecular weight excluding hydrogens is 276 g/mol. The SMILES string of the molecule is CCNCc1c(Cl)cccc1OCC(=O)N(CC)CC. The Hall–Kier alpha value is -1.26. The highest BCUT2D eigenvalue weighted by Crippen LogP contribution is 2.26. The van der Waals surface area contributed by atoms with Crippen molar-refractivity contribution in [1.29, 1.82) is 0 Å². The third-order valence-electron chi connectivity index (χ3n) is 3.09. The molecular formula is C15H23ClN2O2. The van der Waals surface area contributed by atoms with E-state index in [4.69, 9.17) is 16.3 Å². The number of halogens is 1. The van der Waals surface area contributed by atoms with Crippen LogP contribution in [0.15, 0.2) is 18.2 Å². The maximum Gasteiger partial charge on any atom is 0.260 e. The minimum Gasteiger partial charge on any atom is -0.483 e. The summed E-state index contributed by atoms with van der Waals surface area (Å²) < 4.78 is 5.65. The van der Waals surface area contributed by atoms with Gasteiger partial charge in [0.15, 0.2) is 6.61 Å². The molecule has 1 amide bonds. The van der Waals surface area contributed by atoms with Crippen LogP contribution in [-0.4, -0.2) is 37.0 Å². The Balaban J connectivity index is 2.72. The minimum atomic E-state index is -0.00984. The van der Waals surface area contributed by atoms with Gasteiger partial charge in [0.1, 0.15) is 5.75 Å². The maximum absolute atomic E-state index is 11.9. The zero-order valence-corrected chi connectivity index (χ0v) is 13.2. The largest absolute Gasteiger partial charge is 0.483 e. The predicted molar refractivity (Wildman–Crippen MR) is 82.3 cm³/mol. The second kappa shape index (κ2) is 8.82. The van der Waals surface area contributed by atoms with Crippen LogP contribution in [0.2, 0.25) is 5.02 Å². The molecule has 0 aromatic heterocycles. The van der Waals surface area contributed by atoms with E-state index in [2.05, 4.69) is 5.32 Å². The zero-order valence-electron chi connectivity index (χ0n) is 12.4. The minimum absolute atomic E-state index is 0.00984. The summed E-state index contributed by atoms with van der Waals surface area (Å²) in [4.78, 5) is 13.7. The first-order chi connectivity index (χ1) is 9.63. The van der Waals surface area contributed by atoms with E-state index >= 15 is 0 Å². The summed E-state index contributed by atoms with van der Waals surface area (Å²) >= 11 is 6.18. The molecule has 1 aromatic carbocycles. The summed E-state index contributed by atoms with van der Waals surface area (Å²) in [5.74, 6) is 0.656. The number of hydrogen-bond acceptors (Lipinski definition) is 3. The Labute approximate surface area is 126 Å². The van der Waals surface area contributed by atoms with Crippen LogP contribution in [0, 0.1) is 0 Å². The van der Waals surface area contributed by atoms with E-state index in [1.165, 1.54) is 0 Å². The fourth-order valence-electron chi connectivity index (χ4n) is 1.90. The molecule has 0 heterocycles. The van der Waals surface area contributed by atoms with Gasteiger partial charge in [-0.25, -0.2) is 0 Å². The van der Waals surface area contributed by atoms with Crippen molar-refractivity contribution >= 4 is 17.5 Å². The lowest BCUT2D eigenvalue weighted by Crippen LogP contribution is -2.34. The van der Waals surface area contributed by atoms with Gasteiger partial charge in [-0.2, -0.15) is 0 Å². The van der Waals surface area contributed by atoms with Crippen molar-refractivity contribution in [2.24, 2.45) is 0 Å². The first-order valence-electron chi connectivity index (χ1n) is 7.02. The molecule has 5 heteroatoms. The lowest BCUT2D eigenvalue weighted by molar-refractivity contribution is -0.132. The molecule has 0 spiro atoms. The lowest BCUT2D eigenvalue weighted by Gasteiger charge is -2.19. The first kappa shape index (κ1) is 16.8. The third-order valence-corrected chi connectivity index (χ3v) is 3.45. The van der Waals surface area contributed by atoms with Gasteiger partial charge in [-0.1, -0.05) is 24.6 Å². The molecule has 4 nitrogen and oxygen atoms in total. The van der Waals surface area contributed by atoms with Crippen LogP contribution in [0.4, 0.5) is 0 Å². The number of ether oxygens (including phenoxy) is 1. The highest BCUT2D eigenvalue weighted by molar-refractivity contribution is 6.31. The van der Waals surface area contributed by atoms with Gasteiger partial charge in [-0.3, -0.25) is 4.79 Å². The highest BCUT2D eigenvalue weighted by atomic mass is 35.5. The molecule has 0 fully saturated rings. The normalized spacial score (nSPS) is 10.4. The lowest BCUT2D eigenvalue weighted by atomic mass is 10.2. The molecule has 20 heavy (non-hydrogen) atoms. The summed E-state index contributed by atoms with van der Waals surface area (Å²) in [6.45, 7) is 8.85. The molecule has 0 bridgehead atoms. The number of nitrogens with one attached hydrogen (secondary N) is 1. The number of nitrogens with zero attached hydrogens (tertiary/aromatic N) is 1. The van der Waals surface area contributed by atoms with Crippen LogP contribution < -0.4 is 10.1 Å². The molecule has 0 atom stereocenters. The summed E-state index contributed by atoms with van der Waals surface area (Å²) in [6.07, 6.45) is 0. The van der Waals surface area contributed by atoms with Gasteiger partial charge < -0.3 is 15.0 Å². The Morgan fingerprint density at radius 1 is 1.30 bits per heavy atom. The summed E-state index contributed by atoms with van der Waals surface area (Å²) in [6, 6.07) is 5.50. The van der Waals surface area contributed by atoms with Crippen molar-refractivity contribution in [3.05, 3.63) is 28.8 Å². The molecule has 0 aliphatic carbocycles. The van der Waals surface area contributed by atoms with Crippen molar-refractivity contribution < 1.29 is 9.53 Å². The smallest absolute Gasteiger partial charge is 0.260 e. The van der Waals surface area contributed by atoms with Gasteiger partial charge in [-0.05, 0) is 32.5 Å². The molecule has 1 rings (SSSR count). The van der Waals surface area contributed by atoms with Gasteiger partial charge >= 0.3 is 0 Å². The van der Waals surface area contributed by atoms with E-state index in [0.29, 0.717) is 30.4 Å². The van der Waals surface area contributed by atoms with E-state index < -0.39 is 0 Å². The monoisotopic (exact) mass is 298 g/mol. The zero-order chi connectivity index (χ0) is 15.0. The summed E-state index contributed by atoms with van der Waals surface area (Å²) in [7, 11) is 0. The van der Waals surface area contributed by atoms with E-state index in [0.717, 1.165) is 12.1 Å². The Morgan fingerprint density at radius 3 is 2.60 bits per heavy atom. The molecule has 0 aliphatic heterocycles. The second-order valence-corrected chi connectivity index (χ2v) is 4.76. The molecule has 0 unspecified atom stereocenters. The molecule has 0 saturated carbocycles. The standard InChI is InChI=1S/C15H23ClN2O2/c1-4-17-10-12-13(16)8-7-9-14(12)20-11-15(19)18(5-2)6-3/h7-9,17H,4-6,10-11H2,1-3H3. The number of benzene rings is 1. The average Bonchev–Trinajstić information content (AvgIpc) is 2.45. The number of likely N-dealkylation sites (N-methyl/N-ethyl adjacent to an activating group) is 1. The van der Waals surface area contributed by atoms with Crippen LogP contribution in [0.5, 0.6) is 5.75 Å². The molecule has 0 saturated heterocycles. The van der Waals surface area contributed by atoms with E-state index in [9.17, 15) is 4.79 Å². The van der Waals surface area contributed by atoms with Gasteiger partial charge in [0.2, 0.25) is 0 Å². The Kier molecular flexibility index (Phi) is 7.41. The average molecular weight is 299 g/mol. The van der Waals surface area contributed by atoms with Gasteiger partial charge in [-0.15, -0.1) is 0 Å². The quantitative estimate of drug-likeness (QED) is 0.802. The third kappa shape index (κ3) is 4.69. The highest BCUT2D eigenvalue weighted by Gasteiger charge is 2.13. The van der Waals surface area contributed by atoms with E-state index in [-0.39, 0.29) is 12.5 Å².